The Morgan fingerprint density at radius 1 is 1.38 bits per heavy atom. The molecule has 3 heteroatoms. The van der Waals surface area contributed by atoms with Crippen LogP contribution < -0.4 is 0 Å². The third kappa shape index (κ3) is 2.71. The quantitative estimate of drug-likeness (QED) is 0.775. The van der Waals surface area contributed by atoms with Crippen molar-refractivity contribution in [2.45, 2.75) is 6.42 Å². The van der Waals surface area contributed by atoms with Crippen LogP contribution in [0.2, 0.25) is 0 Å². The molecule has 2 nitrogen and oxygen atoms in total. The second-order valence-electron chi connectivity index (χ2n) is 2.57. The minimum atomic E-state index is -1.03. The van der Waals surface area contributed by atoms with Crippen LogP contribution in [0, 0.1) is 0 Å². The van der Waals surface area contributed by atoms with Gasteiger partial charge in [-0.05, 0) is 11.1 Å². The maximum absolute atomic E-state index is 12.3. The Morgan fingerprint density at radius 3 is 2.46 bits per heavy atom. The molecule has 0 heterocycles. The van der Waals surface area contributed by atoms with Crippen LogP contribution in [0.4, 0.5) is 4.39 Å². The molecule has 0 aliphatic rings. The first-order valence-electron chi connectivity index (χ1n) is 3.80. The number of carboxylic acid groups (broad SMARTS) is 1. The Kier molecular flexibility index (Phi) is 3.20. The van der Waals surface area contributed by atoms with Gasteiger partial charge < -0.3 is 5.11 Å². The molecule has 0 atom stereocenters. The minimum absolute atomic E-state index is 0.188. The number of benzene rings is 1. The van der Waals surface area contributed by atoms with E-state index in [1.165, 1.54) is 0 Å². The van der Waals surface area contributed by atoms with Crippen molar-refractivity contribution in [2.75, 3.05) is 0 Å². The summed E-state index contributed by atoms with van der Waals surface area (Å²) in [6.07, 6.45) is 0.0456. The first kappa shape index (κ1) is 9.45. The summed E-state index contributed by atoms with van der Waals surface area (Å²) in [7, 11) is 0. The van der Waals surface area contributed by atoms with Gasteiger partial charge in [0.1, 0.15) is 0 Å². The highest BCUT2D eigenvalue weighted by atomic mass is 19.1. The predicted molar refractivity (Wildman–Crippen MR) is 47.8 cm³/mol. The van der Waals surface area contributed by atoms with Crippen molar-refractivity contribution in [2.24, 2.45) is 0 Å². The molecule has 1 rings (SSSR count). The highest BCUT2D eigenvalue weighted by molar-refractivity contribution is 5.83. The average molecular weight is 180 g/mol. The normalized spacial score (nSPS) is 11.3. The molecule has 0 aromatic heterocycles. The zero-order chi connectivity index (χ0) is 9.68. The summed E-state index contributed by atoms with van der Waals surface area (Å²) in [5.41, 5.74) is 0.792. The molecule has 0 bridgehead atoms. The highest BCUT2D eigenvalue weighted by Crippen LogP contribution is 2.17. The van der Waals surface area contributed by atoms with Crippen LogP contribution >= 0.6 is 0 Å². The third-order valence-corrected chi connectivity index (χ3v) is 1.62. The van der Waals surface area contributed by atoms with Crippen LogP contribution in [-0.2, 0) is 4.79 Å². The maximum atomic E-state index is 12.3. The van der Waals surface area contributed by atoms with E-state index in [1.54, 1.807) is 30.3 Å². The Bertz CT molecular complexity index is 317. The van der Waals surface area contributed by atoms with Gasteiger partial charge in [-0.1, -0.05) is 30.3 Å². The number of aliphatic carboxylic acids is 1. The van der Waals surface area contributed by atoms with E-state index in [0.717, 1.165) is 0 Å². The molecule has 0 spiro atoms. The zero-order valence-electron chi connectivity index (χ0n) is 6.90. The van der Waals surface area contributed by atoms with Gasteiger partial charge in [-0.3, -0.25) is 4.79 Å². The Morgan fingerprint density at radius 2 is 2.00 bits per heavy atom. The van der Waals surface area contributed by atoms with Crippen LogP contribution in [0.3, 0.4) is 0 Å². The van der Waals surface area contributed by atoms with Gasteiger partial charge in [0.15, 0.2) is 0 Å². The maximum Gasteiger partial charge on any atom is 0.307 e. The van der Waals surface area contributed by atoms with Gasteiger partial charge in [-0.2, -0.15) is 0 Å². The Labute approximate surface area is 75.3 Å². The topological polar surface area (TPSA) is 37.3 Å². The number of hydrogen-bond acceptors (Lipinski definition) is 1. The fourth-order valence-corrected chi connectivity index (χ4v) is 1.02. The molecule has 13 heavy (non-hydrogen) atoms. The lowest BCUT2D eigenvalue weighted by molar-refractivity contribution is -0.135. The van der Waals surface area contributed by atoms with E-state index in [1.807, 2.05) is 0 Å². The molecule has 0 radical (unpaired) electrons. The van der Waals surface area contributed by atoms with E-state index < -0.39 is 5.97 Å². The molecule has 0 saturated heterocycles. The summed E-state index contributed by atoms with van der Waals surface area (Å²) >= 11 is 0. The van der Waals surface area contributed by atoms with Crippen molar-refractivity contribution in [1.82, 2.24) is 0 Å². The van der Waals surface area contributed by atoms with Crippen molar-refractivity contribution in [3.63, 3.8) is 0 Å². The lowest BCUT2D eigenvalue weighted by Gasteiger charge is -2.01. The monoisotopic (exact) mass is 180 g/mol. The molecule has 0 fully saturated rings. The molecule has 1 aromatic rings. The summed E-state index contributed by atoms with van der Waals surface area (Å²) in [5.74, 6) is -1.03. The fraction of sp³-hybridized carbons (Fsp3) is 0.100. The third-order valence-electron chi connectivity index (χ3n) is 1.62. The largest absolute Gasteiger partial charge is 0.481 e. The Hall–Kier alpha value is -1.64. The van der Waals surface area contributed by atoms with E-state index in [2.05, 4.69) is 0 Å². The lowest BCUT2D eigenvalue weighted by atomic mass is 10.1. The fourth-order valence-electron chi connectivity index (χ4n) is 1.02. The molecule has 1 aromatic carbocycles. The molecule has 0 aliphatic carbocycles. The molecule has 68 valence electrons. The smallest absolute Gasteiger partial charge is 0.307 e. The summed E-state index contributed by atoms with van der Waals surface area (Å²) in [5, 5.41) is 8.47. The van der Waals surface area contributed by atoms with E-state index in [4.69, 9.17) is 5.11 Å². The van der Waals surface area contributed by atoms with Crippen LogP contribution in [0.5, 0.6) is 0 Å². The van der Waals surface area contributed by atoms with Gasteiger partial charge in [-0.25, -0.2) is 4.39 Å². The van der Waals surface area contributed by atoms with Crippen molar-refractivity contribution in [3.05, 3.63) is 42.2 Å². The van der Waals surface area contributed by atoms with Gasteiger partial charge in [0.25, 0.3) is 0 Å². The van der Waals surface area contributed by atoms with Gasteiger partial charge in [0, 0.05) is 0 Å². The summed E-state index contributed by atoms with van der Waals surface area (Å²) < 4.78 is 12.3. The van der Waals surface area contributed by atoms with E-state index in [0.29, 0.717) is 11.9 Å². The number of carbonyl (C=O) groups is 1. The second-order valence-corrected chi connectivity index (χ2v) is 2.57. The van der Waals surface area contributed by atoms with E-state index in [9.17, 15) is 9.18 Å². The van der Waals surface area contributed by atoms with E-state index >= 15 is 0 Å². The number of hydrogen-bond donors (Lipinski definition) is 1. The molecule has 0 amide bonds. The van der Waals surface area contributed by atoms with Crippen molar-refractivity contribution in [1.29, 1.82) is 0 Å². The minimum Gasteiger partial charge on any atom is -0.481 e. The van der Waals surface area contributed by atoms with Crippen molar-refractivity contribution in [3.8, 4) is 0 Å². The highest BCUT2D eigenvalue weighted by Gasteiger charge is 2.05. The van der Waals surface area contributed by atoms with Crippen LogP contribution in [0.1, 0.15) is 12.0 Å². The molecular weight excluding hydrogens is 171 g/mol. The lowest BCUT2D eigenvalue weighted by Crippen LogP contribution is -1.96. The van der Waals surface area contributed by atoms with Gasteiger partial charge in [0.2, 0.25) is 0 Å². The molecule has 0 saturated carbocycles. The first-order valence-corrected chi connectivity index (χ1v) is 3.80. The van der Waals surface area contributed by atoms with Gasteiger partial charge in [0.05, 0.1) is 12.8 Å². The Balaban J connectivity index is 2.86. The predicted octanol–water partition coefficient (Wildman–Crippen LogP) is 2.47. The average Bonchev–Trinajstić information content (AvgIpc) is 2.15. The number of carboxylic acids is 1. The molecule has 1 N–H and O–H groups in total. The summed E-state index contributed by atoms with van der Waals surface area (Å²) in [6, 6.07) is 8.62. The number of halogens is 1. The van der Waals surface area contributed by atoms with Crippen LogP contribution in [-0.4, -0.2) is 11.1 Å². The van der Waals surface area contributed by atoms with Gasteiger partial charge >= 0.3 is 5.97 Å². The zero-order valence-corrected chi connectivity index (χ0v) is 6.90. The first-order chi connectivity index (χ1) is 6.24. The molecule has 0 unspecified atom stereocenters. The van der Waals surface area contributed by atoms with Gasteiger partial charge in [-0.15, -0.1) is 0 Å². The van der Waals surface area contributed by atoms with Crippen LogP contribution in [0.25, 0.3) is 5.57 Å². The molecule has 0 aliphatic heterocycles. The standard InChI is InChI=1S/C10H9FO2/c11-7-9(6-10(12)13)8-4-2-1-3-5-8/h1-5,7H,6H2,(H,12,13)/b9-7-. The summed E-state index contributed by atoms with van der Waals surface area (Å²) in [6.45, 7) is 0. The molecular formula is C10H9FO2. The SMILES string of the molecule is O=C(O)C/C(=C/F)c1ccccc1. The second kappa shape index (κ2) is 4.40. The number of rotatable bonds is 3. The van der Waals surface area contributed by atoms with Crippen molar-refractivity contribution >= 4 is 11.5 Å². The summed E-state index contributed by atoms with van der Waals surface area (Å²) in [4.78, 5) is 10.3. The van der Waals surface area contributed by atoms with E-state index in [-0.39, 0.29) is 12.0 Å². The van der Waals surface area contributed by atoms with Crippen LogP contribution in [0.15, 0.2) is 36.7 Å². The van der Waals surface area contributed by atoms with Crippen molar-refractivity contribution < 1.29 is 14.3 Å².